The van der Waals surface area contributed by atoms with Crippen LogP contribution in [0, 0.1) is 5.92 Å². The number of anilines is 1. The van der Waals surface area contributed by atoms with E-state index in [1.165, 1.54) is 11.3 Å². The summed E-state index contributed by atoms with van der Waals surface area (Å²) in [6.07, 6.45) is 3.04. The highest BCUT2D eigenvalue weighted by molar-refractivity contribution is 7.13. The number of nitrogen functional groups attached to an aromatic ring is 1. The first kappa shape index (κ1) is 18.4. The molecule has 0 atom stereocenters. The number of nitrogens with two attached hydrogens (primary N) is 1. The normalized spacial score (nSPS) is 19.4. The van der Waals surface area contributed by atoms with Crippen molar-refractivity contribution in [1.82, 2.24) is 25.6 Å². The number of H-pyrrole nitrogens is 1. The van der Waals surface area contributed by atoms with Crippen LogP contribution in [0.1, 0.15) is 42.0 Å². The Morgan fingerprint density at radius 2 is 1.96 bits per heavy atom. The zero-order valence-electron chi connectivity index (χ0n) is 15.3. The summed E-state index contributed by atoms with van der Waals surface area (Å²) in [5.41, 5.74) is 7.78. The summed E-state index contributed by atoms with van der Waals surface area (Å²) >= 11 is 1.25. The predicted molar refractivity (Wildman–Crippen MR) is 108 cm³/mol. The van der Waals surface area contributed by atoms with Gasteiger partial charge in [-0.2, -0.15) is 0 Å². The lowest BCUT2D eigenvalue weighted by Gasteiger charge is -2.28. The summed E-state index contributed by atoms with van der Waals surface area (Å²) in [5, 5.41) is 7.99. The third-order valence-electron chi connectivity index (χ3n) is 5.06. The Morgan fingerprint density at radius 1 is 1.18 bits per heavy atom. The standard InChI is InChI=1S/C19H22N6O2S/c20-19-25-15(10-28-19)18(27)22-12-7-5-11(6-8-12)17(26)21-9-16-23-13-3-1-2-4-14(13)24-16/h1-4,10-12H,5-9H2,(H2,20,25)(H,21,26)(H,22,27)(H,23,24). The van der Waals surface area contributed by atoms with Crippen LogP contribution in [0.25, 0.3) is 11.0 Å². The van der Waals surface area contributed by atoms with Gasteiger partial charge in [0.1, 0.15) is 11.5 Å². The molecule has 0 radical (unpaired) electrons. The molecule has 0 unspecified atom stereocenters. The van der Waals surface area contributed by atoms with Crippen molar-refractivity contribution < 1.29 is 9.59 Å². The van der Waals surface area contributed by atoms with E-state index in [-0.39, 0.29) is 23.8 Å². The first-order chi connectivity index (χ1) is 13.6. The zero-order chi connectivity index (χ0) is 19.5. The Labute approximate surface area is 166 Å². The van der Waals surface area contributed by atoms with Gasteiger partial charge >= 0.3 is 0 Å². The van der Waals surface area contributed by atoms with Crippen molar-refractivity contribution in [2.24, 2.45) is 5.92 Å². The lowest BCUT2D eigenvalue weighted by Crippen LogP contribution is -2.41. The SMILES string of the molecule is Nc1nc(C(=O)NC2CCC(C(=O)NCc3nc4ccccc4[nH]3)CC2)cs1. The van der Waals surface area contributed by atoms with Crippen molar-refractivity contribution in [1.29, 1.82) is 0 Å². The molecule has 1 aromatic carbocycles. The minimum absolute atomic E-state index is 0.0348. The quantitative estimate of drug-likeness (QED) is 0.524. The highest BCUT2D eigenvalue weighted by Gasteiger charge is 2.27. The lowest BCUT2D eigenvalue weighted by atomic mass is 9.85. The number of thiazole rings is 1. The molecule has 1 aliphatic rings. The van der Waals surface area contributed by atoms with Crippen molar-refractivity contribution in [3.63, 3.8) is 0 Å². The monoisotopic (exact) mass is 398 g/mol. The number of nitrogens with zero attached hydrogens (tertiary/aromatic N) is 2. The number of hydrogen-bond donors (Lipinski definition) is 4. The molecule has 1 aliphatic carbocycles. The first-order valence-corrected chi connectivity index (χ1v) is 10.2. The molecule has 1 saturated carbocycles. The van der Waals surface area contributed by atoms with Gasteiger partial charge in [-0.05, 0) is 37.8 Å². The van der Waals surface area contributed by atoms with Crippen molar-refractivity contribution in [3.05, 3.63) is 41.2 Å². The smallest absolute Gasteiger partial charge is 0.271 e. The molecule has 0 aliphatic heterocycles. The van der Waals surface area contributed by atoms with Crippen molar-refractivity contribution in [3.8, 4) is 0 Å². The fourth-order valence-corrected chi connectivity index (χ4v) is 4.10. The molecule has 0 saturated heterocycles. The number of hydrogen-bond acceptors (Lipinski definition) is 6. The average molecular weight is 398 g/mol. The van der Waals surface area contributed by atoms with Crippen LogP contribution in [-0.4, -0.2) is 32.8 Å². The lowest BCUT2D eigenvalue weighted by molar-refractivity contribution is -0.126. The van der Waals surface area contributed by atoms with Gasteiger partial charge in [0.25, 0.3) is 5.91 Å². The Morgan fingerprint density at radius 3 is 2.68 bits per heavy atom. The van der Waals surface area contributed by atoms with Gasteiger partial charge in [0.2, 0.25) is 5.91 Å². The number of carbonyl (C=O) groups is 2. The summed E-state index contributed by atoms with van der Waals surface area (Å²) in [5.74, 6) is 0.550. The van der Waals surface area contributed by atoms with Crippen LogP contribution in [0.5, 0.6) is 0 Å². The van der Waals surface area contributed by atoms with Crippen molar-refractivity contribution in [2.75, 3.05) is 5.73 Å². The summed E-state index contributed by atoms with van der Waals surface area (Å²) in [6.45, 7) is 0.384. The van der Waals surface area contributed by atoms with Crippen LogP contribution in [0.4, 0.5) is 5.13 Å². The second kappa shape index (κ2) is 7.97. The maximum absolute atomic E-state index is 12.5. The van der Waals surface area contributed by atoms with E-state index in [0.29, 0.717) is 17.4 Å². The van der Waals surface area contributed by atoms with E-state index in [4.69, 9.17) is 5.73 Å². The number of nitrogens with one attached hydrogen (secondary N) is 3. The van der Waals surface area contributed by atoms with Crippen LogP contribution in [0.2, 0.25) is 0 Å². The van der Waals surface area contributed by atoms with Gasteiger partial charge in [0.05, 0.1) is 17.6 Å². The molecule has 0 spiro atoms. The first-order valence-electron chi connectivity index (χ1n) is 9.31. The fourth-order valence-electron chi connectivity index (χ4n) is 3.56. The number of para-hydroxylation sites is 2. The Bertz CT molecular complexity index is 956. The van der Waals surface area contributed by atoms with Crippen LogP contribution < -0.4 is 16.4 Å². The highest BCUT2D eigenvalue weighted by atomic mass is 32.1. The average Bonchev–Trinajstić information content (AvgIpc) is 3.32. The maximum atomic E-state index is 12.5. The molecule has 9 heteroatoms. The number of imidazole rings is 1. The van der Waals surface area contributed by atoms with Gasteiger partial charge in [-0.1, -0.05) is 12.1 Å². The number of amides is 2. The molecule has 1 fully saturated rings. The number of aromatic amines is 1. The maximum Gasteiger partial charge on any atom is 0.271 e. The summed E-state index contributed by atoms with van der Waals surface area (Å²) in [4.78, 5) is 36.3. The molecule has 8 nitrogen and oxygen atoms in total. The summed E-state index contributed by atoms with van der Waals surface area (Å²) < 4.78 is 0. The van der Waals surface area contributed by atoms with Gasteiger partial charge in [0, 0.05) is 17.3 Å². The van der Waals surface area contributed by atoms with Crippen LogP contribution in [0.3, 0.4) is 0 Å². The third-order valence-corrected chi connectivity index (χ3v) is 5.73. The van der Waals surface area contributed by atoms with Crippen molar-refractivity contribution >= 4 is 39.3 Å². The van der Waals surface area contributed by atoms with E-state index in [9.17, 15) is 9.59 Å². The van der Waals surface area contributed by atoms with Crippen LogP contribution in [0.15, 0.2) is 29.6 Å². The summed E-state index contributed by atoms with van der Waals surface area (Å²) in [7, 11) is 0. The van der Waals surface area contributed by atoms with Gasteiger partial charge in [-0.3, -0.25) is 9.59 Å². The molecule has 2 aromatic heterocycles. The third kappa shape index (κ3) is 4.14. The van der Waals surface area contributed by atoms with Crippen LogP contribution >= 0.6 is 11.3 Å². The second-order valence-corrected chi connectivity index (χ2v) is 7.90. The van der Waals surface area contributed by atoms with E-state index >= 15 is 0 Å². The predicted octanol–water partition coefficient (Wildman–Crippen LogP) is 2.21. The second-order valence-electron chi connectivity index (χ2n) is 7.01. The Hall–Kier alpha value is -2.94. The number of benzene rings is 1. The number of aromatic nitrogens is 3. The molecular weight excluding hydrogens is 376 g/mol. The molecular formula is C19H22N6O2S. The fraction of sp³-hybridized carbons (Fsp3) is 0.368. The van der Waals surface area contributed by atoms with E-state index in [1.54, 1.807) is 5.38 Å². The minimum atomic E-state index is -0.203. The van der Waals surface area contributed by atoms with E-state index < -0.39 is 0 Å². The minimum Gasteiger partial charge on any atom is -0.375 e. The van der Waals surface area contributed by atoms with Gasteiger partial charge in [-0.25, -0.2) is 9.97 Å². The van der Waals surface area contributed by atoms with Gasteiger partial charge < -0.3 is 21.4 Å². The van der Waals surface area contributed by atoms with E-state index in [1.807, 2.05) is 24.3 Å². The van der Waals surface area contributed by atoms with E-state index in [0.717, 1.165) is 42.5 Å². The van der Waals surface area contributed by atoms with Gasteiger partial charge in [-0.15, -0.1) is 11.3 Å². The van der Waals surface area contributed by atoms with Gasteiger partial charge in [0.15, 0.2) is 5.13 Å². The number of rotatable bonds is 5. The van der Waals surface area contributed by atoms with Crippen molar-refractivity contribution in [2.45, 2.75) is 38.3 Å². The van der Waals surface area contributed by atoms with E-state index in [2.05, 4.69) is 25.6 Å². The molecule has 0 bridgehead atoms. The molecule has 28 heavy (non-hydrogen) atoms. The van der Waals surface area contributed by atoms with Crippen LogP contribution in [-0.2, 0) is 11.3 Å². The molecule has 2 amide bonds. The number of fused-ring (bicyclic) bond motifs is 1. The largest absolute Gasteiger partial charge is 0.375 e. The molecule has 4 rings (SSSR count). The Kier molecular flexibility index (Phi) is 5.25. The molecule has 5 N–H and O–H groups in total. The number of carbonyl (C=O) groups excluding carboxylic acids is 2. The zero-order valence-corrected chi connectivity index (χ0v) is 16.1. The molecule has 146 valence electrons. The summed E-state index contributed by atoms with van der Waals surface area (Å²) in [6, 6.07) is 7.85. The molecule has 2 heterocycles. The molecule has 3 aromatic rings. The Balaban J connectivity index is 1.24. The highest BCUT2D eigenvalue weighted by Crippen LogP contribution is 2.25. The topological polar surface area (TPSA) is 126 Å².